The zero-order valence-electron chi connectivity index (χ0n) is 19.3. The van der Waals surface area contributed by atoms with Crippen molar-refractivity contribution < 1.29 is 19.4 Å². The Morgan fingerprint density at radius 2 is 1.74 bits per heavy atom. The number of aromatic amines is 1. The van der Waals surface area contributed by atoms with Crippen molar-refractivity contribution in [1.82, 2.24) is 9.55 Å². The fourth-order valence-electron chi connectivity index (χ4n) is 4.97. The van der Waals surface area contributed by atoms with E-state index >= 15 is 0 Å². The molecular formula is C26H27N3O6. The molecule has 1 saturated carbocycles. The third kappa shape index (κ3) is 4.45. The van der Waals surface area contributed by atoms with E-state index < -0.39 is 35.1 Å². The van der Waals surface area contributed by atoms with E-state index in [0.29, 0.717) is 30.9 Å². The highest BCUT2D eigenvalue weighted by Crippen LogP contribution is 2.52. The van der Waals surface area contributed by atoms with Crippen molar-refractivity contribution in [3.63, 3.8) is 0 Å². The summed E-state index contributed by atoms with van der Waals surface area (Å²) >= 11 is 0. The van der Waals surface area contributed by atoms with Gasteiger partial charge in [0.25, 0.3) is 5.56 Å². The van der Waals surface area contributed by atoms with E-state index in [2.05, 4.69) is 10.1 Å². The number of rotatable bonds is 8. The summed E-state index contributed by atoms with van der Waals surface area (Å²) in [7, 11) is 0. The van der Waals surface area contributed by atoms with Crippen molar-refractivity contribution in [2.75, 3.05) is 6.61 Å². The van der Waals surface area contributed by atoms with Gasteiger partial charge in [0, 0.05) is 18.2 Å². The van der Waals surface area contributed by atoms with Gasteiger partial charge in [0.05, 0.1) is 31.5 Å². The monoisotopic (exact) mass is 477 g/mol. The van der Waals surface area contributed by atoms with Gasteiger partial charge in [-0.05, 0) is 18.1 Å². The van der Waals surface area contributed by atoms with Crippen LogP contribution >= 0.6 is 0 Å². The highest BCUT2D eigenvalue weighted by Gasteiger charge is 2.65. The average Bonchev–Trinajstić information content (AvgIpc) is 3.35. The molecule has 1 aliphatic heterocycles. The molecule has 2 bridgehead atoms. The van der Waals surface area contributed by atoms with Crippen molar-refractivity contribution in [3.05, 3.63) is 104 Å². The first-order valence-electron chi connectivity index (χ1n) is 11.5. The van der Waals surface area contributed by atoms with Gasteiger partial charge in [-0.1, -0.05) is 65.8 Å². The summed E-state index contributed by atoms with van der Waals surface area (Å²) in [6.07, 6.45) is 0.414. The second kappa shape index (κ2) is 9.61. The predicted octanol–water partition coefficient (Wildman–Crippen LogP) is 2.76. The second-order valence-electron chi connectivity index (χ2n) is 9.04. The molecule has 3 aromatic rings. The summed E-state index contributed by atoms with van der Waals surface area (Å²) in [6, 6.07) is 19.5. The molecule has 1 saturated heterocycles. The lowest BCUT2D eigenvalue weighted by Gasteiger charge is -2.32. The van der Waals surface area contributed by atoms with Crippen LogP contribution in [0.3, 0.4) is 0 Å². The van der Waals surface area contributed by atoms with Gasteiger partial charge >= 0.3 is 5.69 Å². The highest BCUT2D eigenvalue weighted by molar-refractivity contribution is 5.92. The van der Waals surface area contributed by atoms with Crippen LogP contribution in [-0.2, 0) is 27.4 Å². The number of nitrogens with zero attached hydrogens (tertiary/aromatic N) is 2. The Kier molecular flexibility index (Phi) is 6.38. The summed E-state index contributed by atoms with van der Waals surface area (Å²) in [4.78, 5) is 26.9. The Morgan fingerprint density at radius 1 is 1.09 bits per heavy atom. The molecule has 2 fully saturated rings. The topological polar surface area (TPSA) is 115 Å². The maximum absolute atomic E-state index is 12.7. The van der Waals surface area contributed by atoms with E-state index in [4.69, 9.17) is 14.2 Å². The Hall–Kier alpha value is -3.53. The number of aryl methyl sites for hydroxylation is 1. The molecule has 182 valence electrons. The molecule has 5 rings (SSSR count). The van der Waals surface area contributed by atoms with Crippen molar-refractivity contribution in [1.29, 1.82) is 0 Å². The van der Waals surface area contributed by atoms with Gasteiger partial charge in [-0.25, -0.2) is 4.79 Å². The fourth-order valence-corrected chi connectivity index (χ4v) is 4.97. The predicted molar refractivity (Wildman–Crippen MR) is 127 cm³/mol. The van der Waals surface area contributed by atoms with E-state index in [-0.39, 0.29) is 6.61 Å². The minimum atomic E-state index is -0.968. The van der Waals surface area contributed by atoms with Crippen molar-refractivity contribution >= 4 is 5.71 Å². The molecule has 0 unspecified atom stereocenters. The lowest BCUT2D eigenvalue weighted by molar-refractivity contribution is -0.153. The second-order valence-corrected chi connectivity index (χ2v) is 9.04. The number of oxime groups is 1. The molecule has 2 heterocycles. The average molecular weight is 478 g/mol. The van der Waals surface area contributed by atoms with Gasteiger partial charge in [-0.2, -0.15) is 0 Å². The Balaban J connectivity index is 1.47. The van der Waals surface area contributed by atoms with Gasteiger partial charge in [0.2, 0.25) is 0 Å². The summed E-state index contributed by atoms with van der Waals surface area (Å²) in [5.41, 5.74) is 0.812. The molecule has 9 nitrogen and oxygen atoms in total. The van der Waals surface area contributed by atoms with Crippen LogP contribution in [-0.4, -0.2) is 38.8 Å². The first-order valence-corrected chi connectivity index (χ1v) is 11.5. The number of benzene rings is 2. The molecule has 0 amide bonds. The zero-order chi connectivity index (χ0) is 24.4. The zero-order valence-corrected chi connectivity index (χ0v) is 19.3. The fraction of sp³-hybridized carbons (Fsp3) is 0.346. The number of ether oxygens (including phenoxy) is 3. The third-order valence-corrected chi connectivity index (χ3v) is 6.65. The largest absolute Gasteiger partial charge is 0.411 e. The van der Waals surface area contributed by atoms with Crippen LogP contribution < -0.4 is 11.2 Å². The van der Waals surface area contributed by atoms with Crippen LogP contribution in [0, 0.1) is 12.8 Å². The van der Waals surface area contributed by atoms with Crippen molar-refractivity contribution in [2.45, 2.75) is 44.5 Å². The maximum atomic E-state index is 12.7. The number of aromatic nitrogens is 2. The van der Waals surface area contributed by atoms with Crippen LogP contribution in [0.4, 0.5) is 0 Å². The molecular weight excluding hydrogens is 450 g/mol. The van der Waals surface area contributed by atoms with E-state index in [9.17, 15) is 14.8 Å². The summed E-state index contributed by atoms with van der Waals surface area (Å²) < 4.78 is 20.3. The van der Waals surface area contributed by atoms with Crippen LogP contribution in [0.5, 0.6) is 0 Å². The Morgan fingerprint density at radius 3 is 2.40 bits per heavy atom. The molecule has 0 spiro atoms. The minimum absolute atomic E-state index is 0.171. The van der Waals surface area contributed by atoms with Gasteiger partial charge in [-0.3, -0.25) is 14.3 Å². The molecule has 0 radical (unpaired) electrons. The first kappa shape index (κ1) is 23.2. The number of hydrogen-bond acceptors (Lipinski definition) is 7. The number of H-pyrrole nitrogens is 1. The van der Waals surface area contributed by atoms with Crippen LogP contribution in [0.1, 0.15) is 29.3 Å². The Labute approximate surface area is 201 Å². The highest BCUT2D eigenvalue weighted by atomic mass is 16.6. The first-order chi connectivity index (χ1) is 17.0. The minimum Gasteiger partial charge on any atom is -0.411 e. The van der Waals surface area contributed by atoms with Crippen LogP contribution in [0.2, 0.25) is 0 Å². The van der Waals surface area contributed by atoms with Crippen molar-refractivity contribution in [2.24, 2.45) is 11.1 Å². The maximum Gasteiger partial charge on any atom is 0.330 e. The molecule has 2 aliphatic rings. The molecule has 4 atom stereocenters. The molecule has 35 heavy (non-hydrogen) atoms. The van der Waals surface area contributed by atoms with E-state index in [1.54, 1.807) is 6.92 Å². The lowest BCUT2D eigenvalue weighted by Crippen LogP contribution is -2.44. The summed E-state index contributed by atoms with van der Waals surface area (Å²) in [5.74, 6) is -0.535. The van der Waals surface area contributed by atoms with E-state index in [1.807, 2.05) is 60.7 Å². The molecule has 9 heteroatoms. The third-order valence-electron chi connectivity index (χ3n) is 6.65. The van der Waals surface area contributed by atoms with E-state index in [0.717, 1.165) is 11.1 Å². The van der Waals surface area contributed by atoms with Crippen LogP contribution in [0.15, 0.2) is 81.6 Å². The quantitative estimate of drug-likeness (QED) is 0.381. The van der Waals surface area contributed by atoms with Crippen LogP contribution in [0.25, 0.3) is 0 Å². The number of nitrogens with one attached hydrogen (secondary N) is 1. The van der Waals surface area contributed by atoms with Crippen molar-refractivity contribution in [3.8, 4) is 0 Å². The lowest BCUT2D eigenvalue weighted by atomic mass is 9.99. The summed E-state index contributed by atoms with van der Waals surface area (Å²) in [6.45, 7) is 2.47. The molecule has 1 aliphatic carbocycles. The molecule has 2 N–H and O–H groups in total. The van der Waals surface area contributed by atoms with Gasteiger partial charge in [-0.15, -0.1) is 0 Å². The van der Waals surface area contributed by atoms with E-state index in [1.165, 1.54) is 10.8 Å². The van der Waals surface area contributed by atoms with Gasteiger partial charge in [0.15, 0.2) is 0 Å². The smallest absolute Gasteiger partial charge is 0.330 e. The SMILES string of the molecule is Cc1cn([C@@H]2O[C@@]3(COCc4ccccc4)C/C(=N\O)[C@@H]2[C@@H]3OCc2ccccc2)c(=O)[nH]c1=O. The molecule has 1 aromatic heterocycles. The number of hydrogen-bond donors (Lipinski definition) is 2. The normalized spacial score (nSPS) is 26.4. The summed E-state index contributed by atoms with van der Waals surface area (Å²) in [5, 5.41) is 13.4. The van der Waals surface area contributed by atoms with Gasteiger partial charge < -0.3 is 19.4 Å². The number of fused-ring (bicyclic) bond motifs is 2. The Bertz CT molecular complexity index is 1320. The standard InChI is InChI=1S/C26H27N3O6/c1-17-13-29(25(31)27-23(17)30)24-21-20(28-32)12-26(35-24,16-33-14-18-8-4-2-5-9-18)22(21)34-15-19-10-6-3-7-11-19/h2-11,13,21-22,24,32H,12,14-16H2,1H3,(H,27,30,31)/b28-20+/t21-,22+,24-,26-/m1/s1. The van der Waals surface area contributed by atoms with Gasteiger partial charge in [0.1, 0.15) is 17.9 Å². The molecule has 2 aromatic carbocycles.